The lowest BCUT2D eigenvalue weighted by molar-refractivity contribution is 0.297. The minimum Gasteiger partial charge on any atom is -0.315 e. The van der Waals surface area contributed by atoms with Crippen molar-refractivity contribution in [2.75, 3.05) is 12.3 Å². The molecule has 0 spiro atoms. The summed E-state index contributed by atoms with van der Waals surface area (Å²) in [4.78, 5) is 0. The van der Waals surface area contributed by atoms with Crippen molar-refractivity contribution in [3.63, 3.8) is 0 Å². The van der Waals surface area contributed by atoms with E-state index in [4.69, 9.17) is 0 Å². The second-order valence-electron chi connectivity index (χ2n) is 6.76. The summed E-state index contributed by atoms with van der Waals surface area (Å²) in [7, 11) is -3.09. The van der Waals surface area contributed by atoms with Crippen molar-refractivity contribution >= 4 is 10.0 Å². The quantitative estimate of drug-likeness (QED) is 0.609. The van der Waals surface area contributed by atoms with Crippen molar-refractivity contribution in [2.45, 2.75) is 84.2 Å². The van der Waals surface area contributed by atoms with Crippen LogP contribution in [0.25, 0.3) is 0 Å². The van der Waals surface area contributed by atoms with Crippen LogP contribution >= 0.6 is 0 Å². The topological polar surface area (TPSA) is 58.2 Å². The lowest BCUT2D eigenvalue weighted by Crippen LogP contribution is -2.39. The molecule has 1 aliphatic carbocycles. The zero-order valence-corrected chi connectivity index (χ0v) is 14.8. The van der Waals surface area contributed by atoms with E-state index in [2.05, 4.69) is 30.8 Å². The molecule has 126 valence electrons. The lowest BCUT2D eigenvalue weighted by Gasteiger charge is -2.28. The molecule has 0 amide bonds. The first kappa shape index (κ1) is 18.9. The largest absolute Gasteiger partial charge is 0.315 e. The highest BCUT2D eigenvalue weighted by Gasteiger charge is 2.24. The molecule has 0 radical (unpaired) electrons. The van der Waals surface area contributed by atoms with Gasteiger partial charge in [0.05, 0.1) is 5.75 Å². The number of rotatable bonds is 10. The number of hydrogen-bond acceptors (Lipinski definition) is 3. The molecule has 1 fully saturated rings. The molecule has 0 bridgehead atoms. The molecule has 0 aromatic rings. The van der Waals surface area contributed by atoms with E-state index >= 15 is 0 Å². The van der Waals surface area contributed by atoms with Gasteiger partial charge >= 0.3 is 0 Å². The molecule has 0 heterocycles. The third-order valence-electron chi connectivity index (χ3n) is 4.28. The summed E-state index contributed by atoms with van der Waals surface area (Å²) >= 11 is 0. The summed E-state index contributed by atoms with van der Waals surface area (Å²) in [6.45, 7) is 7.33. The van der Waals surface area contributed by atoms with Gasteiger partial charge in [0.2, 0.25) is 10.0 Å². The molecular weight excluding hydrogens is 284 g/mol. The van der Waals surface area contributed by atoms with Crippen LogP contribution < -0.4 is 10.0 Å². The van der Waals surface area contributed by atoms with Crippen LogP contribution in [0.5, 0.6) is 0 Å². The van der Waals surface area contributed by atoms with Crippen LogP contribution in [-0.4, -0.2) is 32.8 Å². The molecule has 1 aliphatic rings. The van der Waals surface area contributed by atoms with E-state index < -0.39 is 10.0 Å². The Morgan fingerprint density at radius 2 is 1.76 bits per heavy atom. The van der Waals surface area contributed by atoms with Gasteiger partial charge in [0.15, 0.2) is 0 Å². The van der Waals surface area contributed by atoms with E-state index in [1.54, 1.807) is 0 Å². The molecule has 5 heteroatoms. The number of hydrogen-bond donors (Lipinski definition) is 2. The monoisotopic (exact) mass is 318 g/mol. The fraction of sp³-hybridized carbons (Fsp3) is 1.00. The van der Waals surface area contributed by atoms with Gasteiger partial charge in [0, 0.05) is 12.1 Å². The number of unbranched alkanes of at least 4 members (excludes halogenated alkanes) is 1. The minimum atomic E-state index is -3.09. The molecule has 0 saturated heterocycles. The van der Waals surface area contributed by atoms with Crippen molar-refractivity contribution < 1.29 is 8.42 Å². The fourth-order valence-electron chi connectivity index (χ4n) is 3.10. The highest BCUT2D eigenvalue weighted by Crippen LogP contribution is 2.28. The van der Waals surface area contributed by atoms with Gasteiger partial charge in [-0.15, -0.1) is 0 Å². The van der Waals surface area contributed by atoms with Crippen LogP contribution in [-0.2, 0) is 10.0 Å². The first-order valence-corrected chi connectivity index (χ1v) is 10.3. The van der Waals surface area contributed by atoms with Crippen molar-refractivity contribution in [1.82, 2.24) is 10.0 Å². The molecule has 0 aliphatic heterocycles. The maximum atomic E-state index is 12.1. The maximum Gasteiger partial charge on any atom is 0.211 e. The van der Waals surface area contributed by atoms with E-state index in [0.29, 0.717) is 6.04 Å². The Hall–Kier alpha value is -0.130. The van der Waals surface area contributed by atoms with E-state index in [-0.39, 0.29) is 11.8 Å². The molecule has 21 heavy (non-hydrogen) atoms. The third-order valence-corrected chi connectivity index (χ3v) is 5.80. The number of sulfonamides is 1. The van der Waals surface area contributed by atoms with Gasteiger partial charge in [-0.3, -0.25) is 0 Å². The summed E-state index contributed by atoms with van der Waals surface area (Å²) in [6.07, 6.45) is 8.58. The van der Waals surface area contributed by atoms with E-state index in [0.717, 1.165) is 38.1 Å². The van der Waals surface area contributed by atoms with E-state index in [1.165, 1.54) is 25.7 Å². The van der Waals surface area contributed by atoms with E-state index in [1.807, 2.05) is 0 Å². The Morgan fingerprint density at radius 1 is 1.10 bits per heavy atom. The minimum absolute atomic E-state index is 0.178. The molecule has 4 nitrogen and oxygen atoms in total. The smallest absolute Gasteiger partial charge is 0.211 e. The second-order valence-corrected chi connectivity index (χ2v) is 8.63. The Balaban J connectivity index is 2.18. The highest BCUT2D eigenvalue weighted by molar-refractivity contribution is 7.89. The van der Waals surface area contributed by atoms with Gasteiger partial charge in [0.25, 0.3) is 0 Å². The van der Waals surface area contributed by atoms with Crippen LogP contribution in [0.15, 0.2) is 0 Å². The Morgan fingerprint density at radius 3 is 2.33 bits per heavy atom. The molecule has 1 rings (SSSR count). The van der Waals surface area contributed by atoms with Crippen molar-refractivity contribution in [2.24, 2.45) is 5.92 Å². The maximum absolute atomic E-state index is 12.1. The molecule has 0 aromatic heterocycles. The summed E-state index contributed by atoms with van der Waals surface area (Å²) in [5, 5.41) is 3.31. The highest BCUT2D eigenvalue weighted by atomic mass is 32.2. The Kier molecular flexibility index (Phi) is 8.83. The first-order chi connectivity index (χ1) is 9.93. The SMILES string of the molecule is CCCC1CCC(NS(=O)(=O)CCCCNC(C)C)CC1. The van der Waals surface area contributed by atoms with Gasteiger partial charge < -0.3 is 5.32 Å². The van der Waals surface area contributed by atoms with Crippen LogP contribution in [0, 0.1) is 5.92 Å². The average Bonchev–Trinajstić information content (AvgIpc) is 2.40. The van der Waals surface area contributed by atoms with Crippen LogP contribution in [0.3, 0.4) is 0 Å². The van der Waals surface area contributed by atoms with Gasteiger partial charge in [-0.05, 0) is 51.0 Å². The summed E-state index contributed by atoms with van der Waals surface area (Å²) in [5.41, 5.74) is 0. The molecule has 0 unspecified atom stereocenters. The van der Waals surface area contributed by atoms with Crippen LogP contribution in [0.1, 0.15) is 72.1 Å². The fourth-order valence-corrected chi connectivity index (χ4v) is 4.54. The molecule has 0 atom stereocenters. The Labute approximate surface area is 131 Å². The van der Waals surface area contributed by atoms with Gasteiger partial charge in [0.1, 0.15) is 0 Å². The van der Waals surface area contributed by atoms with Crippen LogP contribution in [0.2, 0.25) is 0 Å². The van der Waals surface area contributed by atoms with Crippen LogP contribution in [0.4, 0.5) is 0 Å². The predicted molar refractivity (Wildman–Crippen MR) is 89.9 cm³/mol. The standard InChI is InChI=1S/C16H34N2O2S/c1-4-7-15-8-10-16(11-9-15)18-21(19,20)13-6-5-12-17-14(2)3/h14-18H,4-13H2,1-3H3. The van der Waals surface area contributed by atoms with Gasteiger partial charge in [-0.2, -0.15) is 0 Å². The average molecular weight is 319 g/mol. The van der Waals surface area contributed by atoms with E-state index in [9.17, 15) is 8.42 Å². The van der Waals surface area contributed by atoms with Gasteiger partial charge in [-0.1, -0.05) is 33.6 Å². The van der Waals surface area contributed by atoms with Crippen molar-refractivity contribution in [3.8, 4) is 0 Å². The molecule has 1 saturated carbocycles. The van der Waals surface area contributed by atoms with Crippen molar-refractivity contribution in [3.05, 3.63) is 0 Å². The third kappa shape index (κ3) is 8.79. The summed E-state index contributed by atoms with van der Waals surface area (Å²) in [5.74, 6) is 1.08. The first-order valence-electron chi connectivity index (χ1n) is 8.66. The van der Waals surface area contributed by atoms with Crippen molar-refractivity contribution in [1.29, 1.82) is 0 Å². The zero-order valence-electron chi connectivity index (χ0n) is 14.0. The Bertz CT molecular complexity index is 360. The molecular formula is C16H34N2O2S. The normalized spacial score (nSPS) is 23.6. The second kappa shape index (κ2) is 9.80. The zero-order chi connectivity index (χ0) is 15.7. The molecule has 0 aromatic carbocycles. The van der Waals surface area contributed by atoms with Gasteiger partial charge in [-0.25, -0.2) is 13.1 Å². The summed E-state index contributed by atoms with van der Waals surface area (Å²) in [6, 6.07) is 0.648. The predicted octanol–water partition coefficient (Wildman–Crippen LogP) is 3.04. The molecule has 2 N–H and O–H groups in total. The summed E-state index contributed by atoms with van der Waals surface area (Å²) < 4.78 is 27.1. The lowest BCUT2D eigenvalue weighted by atomic mass is 9.84. The number of nitrogens with one attached hydrogen (secondary N) is 2.